The predicted octanol–water partition coefficient (Wildman–Crippen LogP) is 3.62. The largest absolute Gasteiger partial charge is 0.444 e. The number of hydrogen-bond acceptors (Lipinski definition) is 4. The number of nitrogens with zero attached hydrogens (tertiary/aromatic N) is 2. The molecule has 0 unspecified atom stereocenters. The van der Waals surface area contributed by atoms with Gasteiger partial charge in [0, 0.05) is 35.3 Å². The van der Waals surface area contributed by atoms with E-state index in [0.717, 1.165) is 3.57 Å². The Bertz CT molecular complexity index is 640. The number of piperazine rings is 1. The van der Waals surface area contributed by atoms with E-state index in [1.165, 1.54) is 11.0 Å². The van der Waals surface area contributed by atoms with Crippen LogP contribution in [0.5, 0.6) is 0 Å². The maximum atomic E-state index is 13.7. The molecule has 2 rings (SSSR count). The van der Waals surface area contributed by atoms with E-state index in [1.807, 2.05) is 20.8 Å². The third-order valence-corrected chi connectivity index (χ3v) is 4.22. The van der Waals surface area contributed by atoms with Gasteiger partial charge in [0.1, 0.15) is 18.0 Å². The number of carbonyl (C=O) groups is 2. The molecule has 25 heavy (non-hydrogen) atoms. The molecule has 0 spiro atoms. The normalized spacial score (nSPS) is 15.1. The van der Waals surface area contributed by atoms with Crippen molar-refractivity contribution in [1.29, 1.82) is 0 Å². The van der Waals surface area contributed by atoms with Gasteiger partial charge in [-0.3, -0.25) is 0 Å². The fourth-order valence-electron chi connectivity index (χ4n) is 2.28. The first kappa shape index (κ1) is 19.7. The minimum absolute atomic E-state index is 0.117. The Kier molecular flexibility index (Phi) is 6.47. The molecule has 0 radical (unpaired) electrons. The molecule has 0 N–H and O–H groups in total. The van der Waals surface area contributed by atoms with Crippen molar-refractivity contribution in [2.75, 3.05) is 26.2 Å². The van der Waals surface area contributed by atoms with E-state index in [1.54, 1.807) is 17.0 Å². The van der Waals surface area contributed by atoms with E-state index in [0.29, 0.717) is 31.7 Å². The van der Waals surface area contributed by atoms with Gasteiger partial charge in [0.05, 0.1) is 0 Å². The minimum atomic E-state index is -0.551. The fourth-order valence-corrected chi connectivity index (χ4v) is 2.84. The highest BCUT2D eigenvalue weighted by Crippen LogP contribution is 2.15. The standard InChI is InChI=1S/C17H22FIN2O4/c1-17(2,3)25-16(23)21-8-6-20(7-9-21)15(22)24-11-12-10-13(19)4-5-14(12)18/h4-5,10H,6-9,11H2,1-3H3. The summed E-state index contributed by atoms with van der Waals surface area (Å²) in [5, 5.41) is 0. The molecule has 2 amide bonds. The lowest BCUT2D eigenvalue weighted by molar-refractivity contribution is 0.0124. The molecular formula is C17H22FIN2O4. The van der Waals surface area contributed by atoms with Crippen LogP contribution in [0.2, 0.25) is 0 Å². The van der Waals surface area contributed by atoms with E-state index >= 15 is 0 Å². The number of rotatable bonds is 2. The number of amides is 2. The molecule has 138 valence electrons. The van der Waals surface area contributed by atoms with Crippen molar-refractivity contribution < 1.29 is 23.5 Å². The smallest absolute Gasteiger partial charge is 0.410 e. The van der Waals surface area contributed by atoms with Crippen molar-refractivity contribution >= 4 is 34.8 Å². The second kappa shape index (κ2) is 8.20. The number of carbonyl (C=O) groups excluding carboxylic acids is 2. The fraction of sp³-hybridized carbons (Fsp3) is 0.529. The summed E-state index contributed by atoms with van der Waals surface area (Å²) in [5.74, 6) is -0.400. The molecule has 0 saturated carbocycles. The van der Waals surface area contributed by atoms with Crippen molar-refractivity contribution in [3.05, 3.63) is 33.1 Å². The van der Waals surface area contributed by atoms with Gasteiger partial charge >= 0.3 is 12.2 Å². The molecular weight excluding hydrogens is 442 g/mol. The Hall–Kier alpha value is -1.58. The number of halogens is 2. The average molecular weight is 464 g/mol. The lowest BCUT2D eigenvalue weighted by atomic mass is 10.2. The molecule has 6 nitrogen and oxygen atoms in total. The molecule has 0 aromatic heterocycles. The van der Waals surface area contributed by atoms with Gasteiger partial charge in [0.25, 0.3) is 0 Å². The van der Waals surface area contributed by atoms with Gasteiger partial charge in [-0.15, -0.1) is 0 Å². The zero-order chi connectivity index (χ0) is 18.6. The molecule has 1 aliphatic rings. The van der Waals surface area contributed by atoms with E-state index in [9.17, 15) is 14.0 Å². The van der Waals surface area contributed by atoms with Gasteiger partial charge in [-0.05, 0) is 61.6 Å². The van der Waals surface area contributed by atoms with E-state index in [-0.39, 0.29) is 12.7 Å². The average Bonchev–Trinajstić information content (AvgIpc) is 2.54. The molecule has 1 heterocycles. The first-order valence-corrected chi connectivity index (χ1v) is 9.07. The Morgan fingerprint density at radius 2 is 1.68 bits per heavy atom. The summed E-state index contributed by atoms with van der Waals surface area (Å²) in [6.45, 7) is 6.77. The third kappa shape index (κ3) is 6.02. The summed E-state index contributed by atoms with van der Waals surface area (Å²) in [6.07, 6.45) is -0.899. The molecule has 0 aliphatic carbocycles. The number of ether oxygens (including phenoxy) is 2. The molecule has 0 bridgehead atoms. The van der Waals surface area contributed by atoms with Crippen LogP contribution < -0.4 is 0 Å². The van der Waals surface area contributed by atoms with Gasteiger partial charge in [0.2, 0.25) is 0 Å². The maximum absolute atomic E-state index is 13.7. The van der Waals surface area contributed by atoms with Crippen LogP contribution in [0.3, 0.4) is 0 Å². The molecule has 1 fully saturated rings. The summed E-state index contributed by atoms with van der Waals surface area (Å²) in [5.41, 5.74) is -0.211. The lowest BCUT2D eigenvalue weighted by Gasteiger charge is -2.35. The van der Waals surface area contributed by atoms with Crippen LogP contribution in [0.1, 0.15) is 26.3 Å². The number of hydrogen-bond donors (Lipinski definition) is 0. The monoisotopic (exact) mass is 464 g/mol. The van der Waals surface area contributed by atoms with Crippen molar-refractivity contribution in [3.8, 4) is 0 Å². The van der Waals surface area contributed by atoms with Gasteiger partial charge in [-0.2, -0.15) is 0 Å². The summed E-state index contributed by atoms with van der Waals surface area (Å²) < 4.78 is 25.0. The van der Waals surface area contributed by atoms with Crippen LogP contribution in [0, 0.1) is 9.39 Å². The van der Waals surface area contributed by atoms with Gasteiger partial charge in [0.15, 0.2) is 0 Å². The highest BCUT2D eigenvalue weighted by Gasteiger charge is 2.28. The highest BCUT2D eigenvalue weighted by atomic mass is 127. The quantitative estimate of drug-likeness (QED) is 0.628. The van der Waals surface area contributed by atoms with Gasteiger partial charge in [-0.25, -0.2) is 14.0 Å². The molecule has 1 aromatic rings. The lowest BCUT2D eigenvalue weighted by Crippen LogP contribution is -2.51. The predicted molar refractivity (Wildman–Crippen MR) is 98.7 cm³/mol. The Balaban J connectivity index is 1.81. The van der Waals surface area contributed by atoms with Crippen molar-refractivity contribution in [2.45, 2.75) is 33.0 Å². The number of benzene rings is 1. The Morgan fingerprint density at radius 1 is 1.12 bits per heavy atom. The van der Waals surface area contributed by atoms with Crippen LogP contribution in [-0.4, -0.2) is 53.8 Å². The van der Waals surface area contributed by atoms with Gasteiger partial charge < -0.3 is 19.3 Å². The van der Waals surface area contributed by atoms with Crippen LogP contribution >= 0.6 is 22.6 Å². The summed E-state index contributed by atoms with van der Waals surface area (Å²) in [6, 6.07) is 4.64. The third-order valence-electron chi connectivity index (χ3n) is 3.55. The van der Waals surface area contributed by atoms with Crippen molar-refractivity contribution in [1.82, 2.24) is 9.80 Å². The first-order valence-electron chi connectivity index (χ1n) is 7.99. The Labute approximate surface area is 160 Å². The van der Waals surface area contributed by atoms with Gasteiger partial charge in [-0.1, -0.05) is 0 Å². The highest BCUT2D eigenvalue weighted by molar-refractivity contribution is 14.1. The first-order chi connectivity index (χ1) is 11.7. The maximum Gasteiger partial charge on any atom is 0.410 e. The van der Waals surface area contributed by atoms with E-state index in [2.05, 4.69) is 22.6 Å². The van der Waals surface area contributed by atoms with E-state index in [4.69, 9.17) is 9.47 Å². The van der Waals surface area contributed by atoms with Crippen molar-refractivity contribution in [3.63, 3.8) is 0 Å². The second-order valence-corrected chi connectivity index (χ2v) is 7.99. The zero-order valence-corrected chi connectivity index (χ0v) is 16.7. The molecule has 1 saturated heterocycles. The Morgan fingerprint density at radius 3 is 2.24 bits per heavy atom. The van der Waals surface area contributed by atoms with Crippen molar-refractivity contribution in [2.24, 2.45) is 0 Å². The molecule has 0 atom stereocenters. The molecule has 1 aliphatic heterocycles. The SMILES string of the molecule is CC(C)(C)OC(=O)N1CCN(C(=O)OCc2cc(I)ccc2F)CC1. The molecule has 1 aromatic carbocycles. The van der Waals surface area contributed by atoms with Crippen LogP contribution in [-0.2, 0) is 16.1 Å². The van der Waals surface area contributed by atoms with Crippen LogP contribution in [0.15, 0.2) is 18.2 Å². The van der Waals surface area contributed by atoms with Crippen LogP contribution in [0.25, 0.3) is 0 Å². The zero-order valence-electron chi connectivity index (χ0n) is 14.6. The summed E-state index contributed by atoms with van der Waals surface area (Å²) in [7, 11) is 0. The van der Waals surface area contributed by atoms with E-state index < -0.39 is 17.5 Å². The second-order valence-electron chi connectivity index (χ2n) is 6.74. The summed E-state index contributed by atoms with van der Waals surface area (Å²) in [4.78, 5) is 27.2. The minimum Gasteiger partial charge on any atom is -0.444 e. The topological polar surface area (TPSA) is 59.1 Å². The molecule has 8 heteroatoms. The van der Waals surface area contributed by atoms with Crippen LogP contribution in [0.4, 0.5) is 14.0 Å². The summed E-state index contributed by atoms with van der Waals surface area (Å²) >= 11 is 2.07.